The normalized spacial score (nSPS) is 10.4. The highest BCUT2D eigenvalue weighted by Crippen LogP contribution is 2.18. The predicted octanol–water partition coefficient (Wildman–Crippen LogP) is 2.06. The molecule has 16 heavy (non-hydrogen) atoms. The van der Waals surface area contributed by atoms with E-state index >= 15 is 0 Å². The summed E-state index contributed by atoms with van der Waals surface area (Å²) < 4.78 is 0.597. The number of aromatic hydroxyl groups is 1. The molecule has 2 N–H and O–H groups in total. The average Bonchev–Trinajstić information content (AvgIpc) is 2.26. The van der Waals surface area contributed by atoms with Crippen molar-refractivity contribution in [3.8, 4) is 17.1 Å². The Morgan fingerprint density at radius 1 is 1.31 bits per heavy atom. The summed E-state index contributed by atoms with van der Waals surface area (Å²) in [5, 5.41) is 9.16. The number of hydrogen-bond acceptors (Lipinski definition) is 3. The molecule has 2 aromatic rings. The molecule has 0 aliphatic carbocycles. The van der Waals surface area contributed by atoms with E-state index < -0.39 is 0 Å². The first kappa shape index (κ1) is 11.1. The molecule has 82 valence electrons. The molecule has 4 nitrogen and oxygen atoms in total. The third-order valence-electron chi connectivity index (χ3n) is 2.17. The lowest BCUT2D eigenvalue weighted by atomic mass is 10.2. The molecule has 1 heterocycles. The number of aromatic amines is 1. The Labute approximate surface area is 106 Å². The number of nitrogens with zero attached hydrogens (tertiary/aromatic N) is 1. The standard InChI is InChI=1S/C11H9IN2O2/c1-6-9(12)11(16)14-10(13-6)7-2-4-8(15)5-3-7/h2-5,15H,1H3,(H,13,14,16). The van der Waals surface area contributed by atoms with Gasteiger partial charge in [0, 0.05) is 5.56 Å². The van der Waals surface area contributed by atoms with Gasteiger partial charge in [-0.3, -0.25) is 4.79 Å². The van der Waals surface area contributed by atoms with E-state index in [0.717, 1.165) is 5.56 Å². The second-order valence-electron chi connectivity index (χ2n) is 3.36. The first-order chi connectivity index (χ1) is 7.58. The minimum atomic E-state index is -0.142. The topological polar surface area (TPSA) is 66.0 Å². The van der Waals surface area contributed by atoms with Crippen molar-refractivity contribution in [2.75, 3.05) is 0 Å². The largest absolute Gasteiger partial charge is 0.508 e. The third-order valence-corrected chi connectivity index (χ3v) is 3.44. The van der Waals surface area contributed by atoms with Crippen LogP contribution in [0.5, 0.6) is 5.75 Å². The van der Waals surface area contributed by atoms with Crippen LogP contribution in [-0.4, -0.2) is 15.1 Å². The highest BCUT2D eigenvalue weighted by Gasteiger charge is 2.06. The molecule has 0 aliphatic heterocycles. The Morgan fingerprint density at radius 2 is 1.94 bits per heavy atom. The van der Waals surface area contributed by atoms with Crippen LogP contribution in [0.4, 0.5) is 0 Å². The maximum Gasteiger partial charge on any atom is 0.264 e. The molecule has 0 fully saturated rings. The van der Waals surface area contributed by atoms with Gasteiger partial charge in [-0.1, -0.05) is 0 Å². The molecule has 1 aromatic heterocycles. The van der Waals surface area contributed by atoms with E-state index in [0.29, 0.717) is 15.1 Å². The number of hydrogen-bond donors (Lipinski definition) is 2. The summed E-state index contributed by atoms with van der Waals surface area (Å²) in [6, 6.07) is 6.53. The second-order valence-corrected chi connectivity index (χ2v) is 4.44. The fourth-order valence-electron chi connectivity index (χ4n) is 1.33. The van der Waals surface area contributed by atoms with Crippen LogP contribution in [0.25, 0.3) is 11.4 Å². The Hall–Kier alpha value is -1.37. The summed E-state index contributed by atoms with van der Waals surface area (Å²) >= 11 is 1.96. The molecule has 0 spiro atoms. The first-order valence-electron chi connectivity index (χ1n) is 4.64. The molecular weight excluding hydrogens is 319 g/mol. The van der Waals surface area contributed by atoms with Crippen molar-refractivity contribution in [3.05, 3.63) is 43.9 Å². The lowest BCUT2D eigenvalue weighted by Gasteiger charge is -2.03. The Kier molecular flexibility index (Phi) is 2.95. The molecular formula is C11H9IN2O2. The van der Waals surface area contributed by atoms with Crippen LogP contribution in [0.15, 0.2) is 29.1 Å². The smallest absolute Gasteiger partial charge is 0.264 e. The van der Waals surface area contributed by atoms with Gasteiger partial charge in [0.05, 0.1) is 9.26 Å². The van der Waals surface area contributed by atoms with Gasteiger partial charge in [-0.15, -0.1) is 0 Å². The third kappa shape index (κ3) is 2.08. The fourth-order valence-corrected chi connectivity index (χ4v) is 1.58. The summed E-state index contributed by atoms with van der Waals surface area (Å²) in [5.41, 5.74) is 1.33. The van der Waals surface area contributed by atoms with Crippen molar-refractivity contribution < 1.29 is 5.11 Å². The van der Waals surface area contributed by atoms with E-state index in [1.165, 1.54) is 0 Å². The summed E-state index contributed by atoms with van der Waals surface area (Å²) in [4.78, 5) is 18.5. The van der Waals surface area contributed by atoms with E-state index in [9.17, 15) is 4.79 Å². The summed E-state index contributed by atoms with van der Waals surface area (Å²) in [6.07, 6.45) is 0. The van der Waals surface area contributed by atoms with Gasteiger partial charge in [-0.05, 0) is 53.8 Å². The van der Waals surface area contributed by atoms with Crippen molar-refractivity contribution in [3.63, 3.8) is 0 Å². The molecule has 0 aliphatic rings. The van der Waals surface area contributed by atoms with Crippen LogP contribution in [0.1, 0.15) is 5.69 Å². The summed E-state index contributed by atoms with van der Waals surface area (Å²) in [6.45, 7) is 1.79. The van der Waals surface area contributed by atoms with Crippen LogP contribution < -0.4 is 5.56 Å². The van der Waals surface area contributed by atoms with Crippen LogP contribution in [0.2, 0.25) is 0 Å². The molecule has 0 saturated heterocycles. The average molecular weight is 328 g/mol. The van der Waals surface area contributed by atoms with Crippen LogP contribution >= 0.6 is 22.6 Å². The monoisotopic (exact) mass is 328 g/mol. The maximum absolute atomic E-state index is 11.5. The molecule has 0 atom stereocenters. The predicted molar refractivity (Wildman–Crippen MR) is 69.4 cm³/mol. The fraction of sp³-hybridized carbons (Fsp3) is 0.0909. The lowest BCUT2D eigenvalue weighted by molar-refractivity contribution is 0.475. The Bertz CT molecular complexity index is 576. The minimum Gasteiger partial charge on any atom is -0.508 e. The number of benzene rings is 1. The highest BCUT2D eigenvalue weighted by molar-refractivity contribution is 14.1. The SMILES string of the molecule is Cc1nc(-c2ccc(O)cc2)[nH]c(=O)c1I. The van der Waals surface area contributed by atoms with Gasteiger partial charge in [-0.2, -0.15) is 0 Å². The van der Waals surface area contributed by atoms with Gasteiger partial charge in [0.15, 0.2) is 0 Å². The number of rotatable bonds is 1. The van der Waals surface area contributed by atoms with Gasteiger partial charge in [0.1, 0.15) is 11.6 Å². The first-order valence-corrected chi connectivity index (χ1v) is 5.71. The molecule has 0 amide bonds. The number of phenols is 1. The second kappa shape index (κ2) is 4.25. The summed E-state index contributed by atoms with van der Waals surface area (Å²) in [5.74, 6) is 0.705. The summed E-state index contributed by atoms with van der Waals surface area (Å²) in [7, 11) is 0. The molecule has 0 saturated carbocycles. The Morgan fingerprint density at radius 3 is 2.50 bits per heavy atom. The van der Waals surface area contributed by atoms with Gasteiger partial charge in [0.2, 0.25) is 0 Å². The van der Waals surface area contributed by atoms with Crippen LogP contribution in [-0.2, 0) is 0 Å². The van der Waals surface area contributed by atoms with E-state index in [1.807, 2.05) is 22.6 Å². The highest BCUT2D eigenvalue weighted by atomic mass is 127. The number of aryl methyl sites for hydroxylation is 1. The molecule has 0 radical (unpaired) electrons. The van der Waals surface area contributed by atoms with E-state index in [1.54, 1.807) is 31.2 Å². The zero-order chi connectivity index (χ0) is 11.7. The molecule has 1 aromatic carbocycles. The van der Waals surface area contributed by atoms with Gasteiger partial charge < -0.3 is 10.1 Å². The minimum absolute atomic E-state index is 0.142. The van der Waals surface area contributed by atoms with E-state index in [4.69, 9.17) is 5.11 Å². The number of halogens is 1. The van der Waals surface area contributed by atoms with Crippen molar-refractivity contribution in [1.29, 1.82) is 0 Å². The molecule has 2 rings (SSSR count). The Balaban J connectivity index is 2.57. The van der Waals surface area contributed by atoms with Crippen molar-refractivity contribution in [1.82, 2.24) is 9.97 Å². The number of H-pyrrole nitrogens is 1. The van der Waals surface area contributed by atoms with E-state index in [2.05, 4.69) is 9.97 Å². The van der Waals surface area contributed by atoms with Gasteiger partial charge in [-0.25, -0.2) is 4.98 Å². The van der Waals surface area contributed by atoms with Crippen molar-refractivity contribution in [2.24, 2.45) is 0 Å². The van der Waals surface area contributed by atoms with E-state index in [-0.39, 0.29) is 11.3 Å². The van der Waals surface area contributed by atoms with Crippen LogP contribution in [0.3, 0.4) is 0 Å². The lowest BCUT2D eigenvalue weighted by Crippen LogP contribution is -2.14. The number of phenolic OH excluding ortho intramolecular Hbond substituents is 1. The van der Waals surface area contributed by atoms with Gasteiger partial charge in [0.25, 0.3) is 5.56 Å². The zero-order valence-corrected chi connectivity index (χ0v) is 10.6. The molecule has 0 bridgehead atoms. The maximum atomic E-state index is 11.5. The van der Waals surface area contributed by atoms with Crippen molar-refractivity contribution in [2.45, 2.75) is 6.92 Å². The zero-order valence-electron chi connectivity index (χ0n) is 8.49. The van der Waals surface area contributed by atoms with Crippen LogP contribution in [0, 0.1) is 10.5 Å². The number of nitrogens with one attached hydrogen (secondary N) is 1. The molecule has 5 heteroatoms. The van der Waals surface area contributed by atoms with Gasteiger partial charge >= 0.3 is 0 Å². The number of aromatic nitrogens is 2. The van der Waals surface area contributed by atoms with Crippen molar-refractivity contribution >= 4 is 22.6 Å². The quantitative estimate of drug-likeness (QED) is 0.788. The molecule has 0 unspecified atom stereocenters.